The SMILES string of the molecule is O=Cc1cnn(-c2cnc(C(=O)O)cn2)c1. The van der Waals surface area contributed by atoms with Crippen LogP contribution in [0.5, 0.6) is 0 Å². The highest BCUT2D eigenvalue weighted by Crippen LogP contribution is 2.03. The molecular weight excluding hydrogens is 212 g/mol. The molecule has 0 aliphatic rings. The van der Waals surface area contributed by atoms with E-state index in [0.717, 1.165) is 6.20 Å². The second-order valence-electron chi connectivity index (χ2n) is 2.90. The predicted octanol–water partition coefficient (Wildman–Crippen LogP) is 0.173. The Morgan fingerprint density at radius 2 is 2.12 bits per heavy atom. The maximum Gasteiger partial charge on any atom is 0.356 e. The van der Waals surface area contributed by atoms with Crippen LogP contribution < -0.4 is 0 Å². The van der Waals surface area contributed by atoms with Crippen molar-refractivity contribution >= 4 is 12.3 Å². The van der Waals surface area contributed by atoms with Crippen LogP contribution in [0.15, 0.2) is 24.8 Å². The molecule has 2 aromatic rings. The second-order valence-corrected chi connectivity index (χ2v) is 2.90. The fourth-order valence-electron chi connectivity index (χ4n) is 1.07. The summed E-state index contributed by atoms with van der Waals surface area (Å²) in [5.74, 6) is -0.800. The minimum absolute atomic E-state index is 0.147. The van der Waals surface area contributed by atoms with Gasteiger partial charge in [-0.05, 0) is 0 Å². The summed E-state index contributed by atoms with van der Waals surface area (Å²) in [5.41, 5.74) is 0.260. The number of carboxylic acids is 1. The third kappa shape index (κ3) is 1.78. The highest BCUT2D eigenvalue weighted by Gasteiger charge is 2.06. The largest absolute Gasteiger partial charge is 0.476 e. The van der Waals surface area contributed by atoms with Gasteiger partial charge in [-0.3, -0.25) is 4.79 Å². The molecule has 0 aromatic carbocycles. The van der Waals surface area contributed by atoms with Gasteiger partial charge in [0, 0.05) is 6.20 Å². The lowest BCUT2D eigenvalue weighted by molar-refractivity contribution is 0.0690. The van der Waals surface area contributed by atoms with Crippen LogP contribution >= 0.6 is 0 Å². The van der Waals surface area contributed by atoms with Crippen LogP contribution in [0.2, 0.25) is 0 Å². The third-order valence-corrected chi connectivity index (χ3v) is 1.83. The Kier molecular flexibility index (Phi) is 2.42. The molecule has 0 saturated heterocycles. The summed E-state index contributed by atoms with van der Waals surface area (Å²) >= 11 is 0. The highest BCUT2D eigenvalue weighted by atomic mass is 16.4. The molecule has 0 atom stereocenters. The molecule has 0 spiro atoms. The standard InChI is InChI=1S/C9H6N4O3/c14-5-6-1-12-13(4-6)8-3-10-7(2-11-8)9(15)16/h1-5H,(H,15,16). The summed E-state index contributed by atoms with van der Waals surface area (Å²) in [7, 11) is 0. The van der Waals surface area contributed by atoms with Crippen LogP contribution in [0.1, 0.15) is 20.8 Å². The summed E-state index contributed by atoms with van der Waals surface area (Å²) in [6.45, 7) is 0. The van der Waals surface area contributed by atoms with E-state index in [1.54, 1.807) is 0 Å². The van der Waals surface area contributed by atoms with Gasteiger partial charge in [0.25, 0.3) is 0 Å². The summed E-state index contributed by atoms with van der Waals surface area (Å²) < 4.78 is 1.34. The normalized spacial score (nSPS) is 10.0. The molecule has 0 amide bonds. The van der Waals surface area contributed by atoms with Gasteiger partial charge in [-0.15, -0.1) is 0 Å². The number of nitrogens with zero attached hydrogens (tertiary/aromatic N) is 4. The summed E-state index contributed by atoms with van der Waals surface area (Å²) in [6, 6.07) is 0. The molecule has 0 fully saturated rings. The van der Waals surface area contributed by atoms with Crippen molar-refractivity contribution in [2.45, 2.75) is 0 Å². The zero-order valence-corrected chi connectivity index (χ0v) is 7.94. The molecule has 0 aliphatic heterocycles. The Morgan fingerprint density at radius 1 is 1.31 bits per heavy atom. The lowest BCUT2D eigenvalue weighted by Gasteiger charge is -1.98. The van der Waals surface area contributed by atoms with Crippen molar-refractivity contribution in [3.8, 4) is 5.82 Å². The van der Waals surface area contributed by atoms with Crippen LogP contribution in [0.3, 0.4) is 0 Å². The van der Waals surface area contributed by atoms with E-state index >= 15 is 0 Å². The average Bonchev–Trinajstić information content (AvgIpc) is 2.77. The van der Waals surface area contributed by atoms with Crippen LogP contribution in [0.4, 0.5) is 0 Å². The Bertz CT molecular complexity index is 532. The molecule has 0 aliphatic carbocycles. The molecule has 0 unspecified atom stereocenters. The van der Waals surface area contributed by atoms with Crippen LogP contribution in [0.25, 0.3) is 5.82 Å². The summed E-state index contributed by atoms with van der Waals surface area (Å²) in [5, 5.41) is 12.5. The number of carbonyl (C=O) groups excluding carboxylic acids is 1. The molecule has 1 N–H and O–H groups in total. The van der Waals surface area contributed by atoms with E-state index < -0.39 is 5.97 Å². The van der Waals surface area contributed by atoms with Crippen molar-refractivity contribution < 1.29 is 14.7 Å². The first-order chi connectivity index (χ1) is 7.70. The molecule has 0 radical (unpaired) electrons. The van der Waals surface area contributed by atoms with Gasteiger partial charge in [-0.2, -0.15) is 5.10 Å². The van der Waals surface area contributed by atoms with Crippen LogP contribution in [-0.2, 0) is 0 Å². The smallest absolute Gasteiger partial charge is 0.356 e. The number of hydrogen-bond donors (Lipinski definition) is 1. The van der Waals surface area contributed by atoms with E-state index in [2.05, 4.69) is 15.1 Å². The van der Waals surface area contributed by atoms with Crippen molar-refractivity contribution in [3.63, 3.8) is 0 Å². The molecule has 80 valence electrons. The van der Waals surface area contributed by atoms with Crippen LogP contribution in [-0.4, -0.2) is 37.1 Å². The Hall–Kier alpha value is -2.57. The van der Waals surface area contributed by atoms with E-state index in [-0.39, 0.29) is 5.69 Å². The predicted molar refractivity (Wildman–Crippen MR) is 51.5 cm³/mol. The van der Waals surface area contributed by atoms with Gasteiger partial charge in [0.15, 0.2) is 17.8 Å². The monoisotopic (exact) mass is 218 g/mol. The molecule has 2 rings (SSSR count). The van der Waals surface area contributed by atoms with Gasteiger partial charge >= 0.3 is 5.97 Å². The number of aldehydes is 1. The third-order valence-electron chi connectivity index (χ3n) is 1.83. The fourth-order valence-corrected chi connectivity index (χ4v) is 1.07. The van der Waals surface area contributed by atoms with E-state index in [1.165, 1.54) is 23.3 Å². The van der Waals surface area contributed by atoms with Crippen molar-refractivity contribution in [1.29, 1.82) is 0 Å². The van der Waals surface area contributed by atoms with E-state index in [9.17, 15) is 9.59 Å². The minimum atomic E-state index is -1.15. The summed E-state index contributed by atoms with van der Waals surface area (Å²) in [6.07, 6.45) is 5.89. The Morgan fingerprint density at radius 3 is 2.62 bits per heavy atom. The lowest BCUT2D eigenvalue weighted by Crippen LogP contribution is -2.04. The van der Waals surface area contributed by atoms with Gasteiger partial charge in [0.1, 0.15) is 0 Å². The maximum atomic E-state index is 10.5. The van der Waals surface area contributed by atoms with E-state index in [4.69, 9.17) is 5.11 Å². The highest BCUT2D eigenvalue weighted by molar-refractivity contribution is 5.84. The molecule has 7 nitrogen and oxygen atoms in total. The van der Waals surface area contributed by atoms with Crippen molar-refractivity contribution in [2.24, 2.45) is 0 Å². The Labute approximate surface area is 89.4 Å². The topological polar surface area (TPSA) is 98.0 Å². The molecular formula is C9H6N4O3. The molecule has 2 heterocycles. The van der Waals surface area contributed by atoms with E-state index in [0.29, 0.717) is 17.7 Å². The van der Waals surface area contributed by atoms with Gasteiger partial charge in [0.2, 0.25) is 0 Å². The minimum Gasteiger partial charge on any atom is -0.476 e. The number of rotatable bonds is 3. The molecule has 7 heteroatoms. The van der Waals surface area contributed by atoms with Gasteiger partial charge in [-0.1, -0.05) is 0 Å². The molecule has 0 saturated carbocycles. The van der Waals surface area contributed by atoms with Crippen molar-refractivity contribution in [2.75, 3.05) is 0 Å². The second kappa shape index (κ2) is 3.89. The van der Waals surface area contributed by atoms with Gasteiger partial charge < -0.3 is 5.11 Å². The molecule has 2 aromatic heterocycles. The first-order valence-corrected chi connectivity index (χ1v) is 4.26. The molecule has 16 heavy (non-hydrogen) atoms. The van der Waals surface area contributed by atoms with Crippen molar-refractivity contribution in [3.05, 3.63) is 36.0 Å². The van der Waals surface area contributed by atoms with Gasteiger partial charge in [-0.25, -0.2) is 19.4 Å². The van der Waals surface area contributed by atoms with Gasteiger partial charge in [0.05, 0.1) is 24.2 Å². The van der Waals surface area contributed by atoms with Crippen molar-refractivity contribution in [1.82, 2.24) is 19.7 Å². The average molecular weight is 218 g/mol. The number of aromatic carboxylic acids is 1. The first kappa shape index (κ1) is 9.97. The zero-order valence-electron chi connectivity index (χ0n) is 7.94. The quantitative estimate of drug-likeness (QED) is 0.737. The number of hydrogen-bond acceptors (Lipinski definition) is 5. The lowest BCUT2D eigenvalue weighted by atomic mass is 10.4. The molecule has 0 bridgehead atoms. The first-order valence-electron chi connectivity index (χ1n) is 4.26. The zero-order chi connectivity index (χ0) is 11.5. The maximum absolute atomic E-state index is 10.5. The van der Waals surface area contributed by atoms with E-state index in [1.807, 2.05) is 0 Å². The fraction of sp³-hybridized carbons (Fsp3) is 0. The Balaban J connectivity index is 2.34. The van der Waals surface area contributed by atoms with Crippen LogP contribution in [0, 0.1) is 0 Å². The number of carbonyl (C=O) groups is 2. The summed E-state index contributed by atoms with van der Waals surface area (Å²) in [4.78, 5) is 28.5. The number of carboxylic acid groups (broad SMARTS) is 1. The number of aromatic nitrogens is 4.